The average molecular weight is 148 g/mol. The van der Waals surface area contributed by atoms with Crippen LogP contribution in [0.3, 0.4) is 0 Å². The number of hydrogen-bond acceptors (Lipinski definition) is 1. The molecule has 1 aromatic carbocycles. The molecular formula is C10H14N. The van der Waals surface area contributed by atoms with Gasteiger partial charge in [-0.25, -0.2) is 0 Å². The van der Waals surface area contributed by atoms with E-state index < -0.39 is 0 Å². The second-order valence-corrected chi connectivity index (χ2v) is 2.66. The lowest BCUT2D eigenvalue weighted by atomic mass is 10.2. The van der Waals surface area contributed by atoms with E-state index in [1.165, 1.54) is 5.56 Å². The van der Waals surface area contributed by atoms with Gasteiger partial charge in [0, 0.05) is 13.1 Å². The van der Waals surface area contributed by atoms with Crippen LogP contribution in [-0.4, -0.2) is 11.9 Å². The maximum Gasteiger partial charge on any atom is 0.0234 e. The third-order valence-corrected chi connectivity index (χ3v) is 1.72. The normalized spacial score (nSPS) is 10.5. The van der Waals surface area contributed by atoms with Gasteiger partial charge in [-0.15, -0.1) is 0 Å². The van der Waals surface area contributed by atoms with Gasteiger partial charge in [0.15, 0.2) is 0 Å². The Morgan fingerprint density at radius 1 is 1.27 bits per heavy atom. The summed E-state index contributed by atoms with van der Waals surface area (Å²) in [7, 11) is 2.08. The number of benzene rings is 1. The fraction of sp³-hybridized carbons (Fsp3) is 0.300. The van der Waals surface area contributed by atoms with Gasteiger partial charge in [-0.1, -0.05) is 30.3 Å². The van der Waals surface area contributed by atoms with Crippen molar-refractivity contribution in [3.05, 3.63) is 42.4 Å². The first-order valence-corrected chi connectivity index (χ1v) is 3.86. The van der Waals surface area contributed by atoms with E-state index in [1.54, 1.807) is 0 Å². The van der Waals surface area contributed by atoms with E-state index in [-0.39, 0.29) is 0 Å². The van der Waals surface area contributed by atoms with Crippen LogP contribution >= 0.6 is 0 Å². The van der Waals surface area contributed by atoms with Crippen LogP contribution in [0.15, 0.2) is 30.3 Å². The number of hydrogen-bond donors (Lipinski definition) is 0. The summed E-state index contributed by atoms with van der Waals surface area (Å²) in [5.41, 5.74) is 1.35. The number of nitrogens with zero attached hydrogens (tertiary/aromatic N) is 1. The molecule has 0 spiro atoms. The minimum Gasteiger partial charge on any atom is -0.298 e. The Bertz CT molecular complexity index is 193. The van der Waals surface area contributed by atoms with E-state index in [9.17, 15) is 0 Å². The summed E-state index contributed by atoms with van der Waals surface area (Å²) >= 11 is 0. The zero-order chi connectivity index (χ0) is 8.10. The van der Waals surface area contributed by atoms with Crippen molar-refractivity contribution in [3.8, 4) is 0 Å². The lowest BCUT2D eigenvalue weighted by molar-refractivity contribution is 0.404. The molecule has 0 saturated carbocycles. The van der Waals surface area contributed by atoms with Crippen molar-refractivity contribution in [3.63, 3.8) is 0 Å². The van der Waals surface area contributed by atoms with Crippen molar-refractivity contribution in [1.82, 2.24) is 4.90 Å². The topological polar surface area (TPSA) is 3.24 Å². The summed E-state index contributed by atoms with van der Waals surface area (Å²) < 4.78 is 0. The maximum atomic E-state index is 2.16. The van der Waals surface area contributed by atoms with Crippen LogP contribution in [0.25, 0.3) is 0 Å². The highest BCUT2D eigenvalue weighted by molar-refractivity contribution is 5.14. The Kier molecular flexibility index (Phi) is 3.12. The molecule has 0 aromatic heterocycles. The van der Waals surface area contributed by atoms with Crippen LogP contribution in [-0.2, 0) is 6.54 Å². The van der Waals surface area contributed by atoms with Crippen LogP contribution in [0.2, 0.25) is 0 Å². The van der Waals surface area contributed by atoms with Crippen molar-refractivity contribution >= 4 is 0 Å². The van der Waals surface area contributed by atoms with Crippen LogP contribution in [0, 0.1) is 6.54 Å². The first-order chi connectivity index (χ1) is 5.33. The van der Waals surface area contributed by atoms with Gasteiger partial charge in [0.1, 0.15) is 0 Å². The third-order valence-electron chi connectivity index (χ3n) is 1.72. The van der Waals surface area contributed by atoms with E-state index >= 15 is 0 Å². The van der Waals surface area contributed by atoms with Gasteiger partial charge in [0.05, 0.1) is 0 Å². The minimum atomic E-state index is 0.997. The monoisotopic (exact) mass is 148 g/mol. The molecule has 0 unspecified atom stereocenters. The standard InChI is InChI=1S/C10H14N/c1-3-11(2)9-10-7-5-4-6-8-10/h3-8H,9H2,1-2H3. The highest BCUT2D eigenvalue weighted by Crippen LogP contribution is 2.02. The summed E-state index contributed by atoms with van der Waals surface area (Å²) in [6.07, 6.45) is 0. The Labute approximate surface area is 68.7 Å². The van der Waals surface area contributed by atoms with Crippen LogP contribution in [0.5, 0.6) is 0 Å². The molecule has 1 heteroatoms. The molecule has 0 atom stereocenters. The molecule has 1 rings (SSSR count). The van der Waals surface area contributed by atoms with Crippen molar-refractivity contribution < 1.29 is 0 Å². The van der Waals surface area contributed by atoms with Gasteiger partial charge in [-0.3, -0.25) is 4.90 Å². The predicted molar refractivity (Wildman–Crippen MR) is 47.9 cm³/mol. The predicted octanol–water partition coefficient (Wildman–Crippen LogP) is 2.30. The molecule has 0 aliphatic rings. The van der Waals surface area contributed by atoms with Crippen molar-refractivity contribution in [1.29, 1.82) is 0 Å². The van der Waals surface area contributed by atoms with Crippen molar-refractivity contribution in [2.75, 3.05) is 7.05 Å². The van der Waals surface area contributed by atoms with E-state index in [1.807, 2.05) is 13.0 Å². The summed E-state index contributed by atoms with van der Waals surface area (Å²) in [6.45, 7) is 5.12. The van der Waals surface area contributed by atoms with Gasteiger partial charge in [-0.2, -0.15) is 0 Å². The second kappa shape index (κ2) is 4.14. The van der Waals surface area contributed by atoms with E-state index in [0.717, 1.165) is 6.54 Å². The van der Waals surface area contributed by atoms with Gasteiger partial charge in [0.25, 0.3) is 0 Å². The summed E-state index contributed by atoms with van der Waals surface area (Å²) in [6, 6.07) is 10.5. The van der Waals surface area contributed by atoms with E-state index in [4.69, 9.17) is 0 Å². The average Bonchev–Trinajstić information content (AvgIpc) is 2.06. The molecule has 0 N–H and O–H groups in total. The fourth-order valence-corrected chi connectivity index (χ4v) is 0.963. The van der Waals surface area contributed by atoms with Crippen LogP contribution in [0.1, 0.15) is 12.5 Å². The van der Waals surface area contributed by atoms with Crippen LogP contribution < -0.4 is 0 Å². The largest absolute Gasteiger partial charge is 0.298 e. The lowest BCUT2D eigenvalue weighted by Crippen LogP contribution is -2.12. The van der Waals surface area contributed by atoms with Crippen LogP contribution in [0.4, 0.5) is 0 Å². The van der Waals surface area contributed by atoms with E-state index in [2.05, 4.69) is 42.8 Å². The molecule has 0 aliphatic carbocycles. The Morgan fingerprint density at radius 2 is 1.91 bits per heavy atom. The highest BCUT2D eigenvalue weighted by atomic mass is 15.1. The molecule has 0 amide bonds. The zero-order valence-electron chi connectivity index (χ0n) is 7.12. The van der Waals surface area contributed by atoms with E-state index in [0.29, 0.717) is 0 Å². The quantitative estimate of drug-likeness (QED) is 0.635. The molecule has 1 radical (unpaired) electrons. The molecule has 0 saturated heterocycles. The number of rotatable bonds is 3. The van der Waals surface area contributed by atoms with Gasteiger partial charge < -0.3 is 0 Å². The third kappa shape index (κ3) is 2.72. The minimum absolute atomic E-state index is 0.997. The smallest absolute Gasteiger partial charge is 0.0234 e. The molecule has 1 nitrogen and oxygen atoms in total. The fourth-order valence-electron chi connectivity index (χ4n) is 0.963. The second-order valence-electron chi connectivity index (χ2n) is 2.66. The SMILES string of the molecule is C[CH]N(C)Cc1ccccc1. The summed E-state index contributed by atoms with van der Waals surface area (Å²) in [4.78, 5) is 2.16. The molecule has 59 valence electrons. The Hall–Kier alpha value is -0.820. The summed E-state index contributed by atoms with van der Waals surface area (Å²) in [5.74, 6) is 0. The molecule has 0 fully saturated rings. The molecule has 11 heavy (non-hydrogen) atoms. The molecule has 1 aromatic rings. The Balaban J connectivity index is 2.51. The van der Waals surface area contributed by atoms with Gasteiger partial charge in [-0.05, 0) is 19.5 Å². The lowest BCUT2D eigenvalue weighted by Gasteiger charge is -2.12. The first-order valence-electron chi connectivity index (χ1n) is 3.86. The Morgan fingerprint density at radius 3 is 2.45 bits per heavy atom. The van der Waals surface area contributed by atoms with Gasteiger partial charge in [0.2, 0.25) is 0 Å². The zero-order valence-corrected chi connectivity index (χ0v) is 7.12. The van der Waals surface area contributed by atoms with Crippen molar-refractivity contribution in [2.24, 2.45) is 0 Å². The molecule has 0 aliphatic heterocycles. The maximum absolute atomic E-state index is 2.16. The first kappa shape index (κ1) is 8.28. The molecule has 0 heterocycles. The summed E-state index contributed by atoms with van der Waals surface area (Å²) in [5, 5.41) is 0. The molecular weight excluding hydrogens is 134 g/mol. The molecule has 0 bridgehead atoms. The van der Waals surface area contributed by atoms with Crippen molar-refractivity contribution in [2.45, 2.75) is 13.5 Å². The highest BCUT2D eigenvalue weighted by Gasteiger charge is 1.94. The van der Waals surface area contributed by atoms with Gasteiger partial charge >= 0.3 is 0 Å².